The van der Waals surface area contributed by atoms with Crippen LogP contribution < -0.4 is 5.32 Å². The van der Waals surface area contributed by atoms with E-state index in [0.29, 0.717) is 12.1 Å². The predicted molar refractivity (Wildman–Crippen MR) is 77.3 cm³/mol. The van der Waals surface area contributed by atoms with Gasteiger partial charge < -0.3 is 14.8 Å². The number of carbonyl (C=O) groups excluding carboxylic acids is 3. The average molecular weight is 293 g/mol. The molecule has 0 spiro atoms. The maximum atomic E-state index is 11.7. The fourth-order valence-electron chi connectivity index (χ4n) is 1.73. The Balaban J connectivity index is 3.04. The van der Waals surface area contributed by atoms with E-state index in [1.165, 1.54) is 32.4 Å². The number of nitrogens with one attached hydrogen (secondary N) is 1. The molecule has 1 amide bonds. The van der Waals surface area contributed by atoms with Crippen LogP contribution in [-0.4, -0.2) is 32.1 Å². The van der Waals surface area contributed by atoms with E-state index in [-0.39, 0.29) is 17.0 Å². The Hall–Kier alpha value is -2.37. The van der Waals surface area contributed by atoms with E-state index in [4.69, 9.17) is 0 Å². The van der Waals surface area contributed by atoms with Gasteiger partial charge in [-0.25, -0.2) is 9.59 Å². The van der Waals surface area contributed by atoms with Crippen molar-refractivity contribution in [2.45, 2.75) is 26.2 Å². The molecule has 0 aromatic heterocycles. The number of benzene rings is 1. The maximum Gasteiger partial charge on any atom is 0.337 e. The molecule has 0 bridgehead atoms. The number of carbonyl (C=O) groups is 3. The molecule has 6 heteroatoms. The van der Waals surface area contributed by atoms with Gasteiger partial charge in [0.2, 0.25) is 5.91 Å². The molecule has 0 aliphatic rings. The second-order valence-corrected chi connectivity index (χ2v) is 4.43. The molecule has 0 unspecified atom stereocenters. The number of rotatable bonds is 6. The molecule has 1 rings (SSSR count). The first-order valence-electron chi connectivity index (χ1n) is 6.63. The molecule has 0 atom stereocenters. The Bertz CT molecular complexity index is 505. The molecular weight excluding hydrogens is 274 g/mol. The molecular formula is C15H19NO5. The molecule has 6 nitrogen and oxygen atoms in total. The molecule has 0 heterocycles. The summed E-state index contributed by atoms with van der Waals surface area (Å²) in [5, 5.41) is 2.66. The molecule has 1 aromatic carbocycles. The van der Waals surface area contributed by atoms with Gasteiger partial charge in [0.15, 0.2) is 0 Å². The summed E-state index contributed by atoms with van der Waals surface area (Å²) >= 11 is 0. The van der Waals surface area contributed by atoms with Crippen molar-refractivity contribution in [2.75, 3.05) is 19.5 Å². The summed E-state index contributed by atoms with van der Waals surface area (Å²) in [4.78, 5) is 34.9. The van der Waals surface area contributed by atoms with Gasteiger partial charge in [-0.15, -0.1) is 0 Å². The molecule has 114 valence electrons. The zero-order valence-corrected chi connectivity index (χ0v) is 12.4. The van der Waals surface area contributed by atoms with Crippen LogP contribution in [0.1, 0.15) is 46.9 Å². The summed E-state index contributed by atoms with van der Waals surface area (Å²) in [6.07, 6.45) is 2.06. The summed E-state index contributed by atoms with van der Waals surface area (Å²) in [6, 6.07) is 4.28. The molecule has 0 aliphatic carbocycles. The van der Waals surface area contributed by atoms with Gasteiger partial charge in [-0.2, -0.15) is 0 Å². The van der Waals surface area contributed by atoms with Crippen molar-refractivity contribution >= 4 is 23.5 Å². The fraction of sp³-hybridized carbons (Fsp3) is 0.400. The van der Waals surface area contributed by atoms with E-state index in [1.807, 2.05) is 6.92 Å². The van der Waals surface area contributed by atoms with Crippen molar-refractivity contribution in [2.24, 2.45) is 0 Å². The number of anilines is 1. The van der Waals surface area contributed by atoms with Crippen LogP contribution in [-0.2, 0) is 14.3 Å². The van der Waals surface area contributed by atoms with E-state index < -0.39 is 11.9 Å². The summed E-state index contributed by atoms with van der Waals surface area (Å²) in [7, 11) is 2.49. The minimum absolute atomic E-state index is 0.172. The average Bonchev–Trinajstić information content (AvgIpc) is 2.50. The third-order valence-corrected chi connectivity index (χ3v) is 2.82. The summed E-state index contributed by atoms with van der Waals surface area (Å²) in [5.74, 6) is -1.36. The highest BCUT2D eigenvalue weighted by molar-refractivity contribution is 5.99. The van der Waals surface area contributed by atoms with Crippen molar-refractivity contribution < 1.29 is 23.9 Å². The van der Waals surface area contributed by atoms with E-state index in [9.17, 15) is 14.4 Å². The summed E-state index contributed by atoms with van der Waals surface area (Å²) in [5.41, 5.74) is 0.705. The fourth-order valence-corrected chi connectivity index (χ4v) is 1.73. The quantitative estimate of drug-likeness (QED) is 0.814. The minimum atomic E-state index is -0.593. The van der Waals surface area contributed by atoms with Crippen LogP contribution in [0.4, 0.5) is 5.69 Å². The van der Waals surface area contributed by atoms with Crippen molar-refractivity contribution in [1.82, 2.24) is 0 Å². The first kappa shape index (κ1) is 16.7. The first-order chi connectivity index (χ1) is 10.0. The molecule has 0 radical (unpaired) electrons. The Morgan fingerprint density at radius 3 is 1.95 bits per heavy atom. The van der Waals surface area contributed by atoms with Gasteiger partial charge in [-0.1, -0.05) is 13.3 Å². The van der Waals surface area contributed by atoms with Gasteiger partial charge in [0, 0.05) is 12.1 Å². The number of methoxy groups -OCH3 is 2. The largest absolute Gasteiger partial charge is 0.465 e. The number of amides is 1. The standard InChI is InChI=1S/C15H19NO5/c1-4-5-6-13(17)16-12-8-10(14(18)20-2)7-11(9-12)15(19)21-3/h7-9H,4-6H2,1-3H3,(H,16,17). The Morgan fingerprint density at radius 2 is 1.52 bits per heavy atom. The van der Waals surface area contributed by atoms with Crippen LogP contribution in [0.25, 0.3) is 0 Å². The lowest BCUT2D eigenvalue weighted by molar-refractivity contribution is -0.116. The zero-order chi connectivity index (χ0) is 15.8. The molecule has 21 heavy (non-hydrogen) atoms. The number of hydrogen-bond donors (Lipinski definition) is 1. The predicted octanol–water partition coefficient (Wildman–Crippen LogP) is 2.39. The molecule has 1 N–H and O–H groups in total. The lowest BCUT2D eigenvalue weighted by atomic mass is 10.1. The topological polar surface area (TPSA) is 81.7 Å². The summed E-state index contributed by atoms with van der Waals surface area (Å²) in [6.45, 7) is 1.99. The van der Waals surface area contributed by atoms with Crippen LogP contribution in [0.5, 0.6) is 0 Å². The molecule has 1 aromatic rings. The first-order valence-corrected chi connectivity index (χ1v) is 6.63. The molecule has 0 aliphatic heterocycles. The van der Waals surface area contributed by atoms with Gasteiger partial charge in [0.05, 0.1) is 25.3 Å². The monoisotopic (exact) mass is 293 g/mol. The van der Waals surface area contributed by atoms with E-state index >= 15 is 0 Å². The maximum absolute atomic E-state index is 11.7. The highest BCUT2D eigenvalue weighted by atomic mass is 16.5. The molecule has 0 fully saturated rings. The van der Waals surface area contributed by atoms with Crippen molar-refractivity contribution in [3.8, 4) is 0 Å². The smallest absolute Gasteiger partial charge is 0.337 e. The van der Waals surface area contributed by atoms with Crippen LogP contribution in [0.3, 0.4) is 0 Å². The van der Waals surface area contributed by atoms with E-state index in [2.05, 4.69) is 14.8 Å². The second kappa shape index (κ2) is 8.04. The van der Waals surface area contributed by atoms with Crippen LogP contribution in [0, 0.1) is 0 Å². The van der Waals surface area contributed by atoms with Crippen LogP contribution in [0.2, 0.25) is 0 Å². The SMILES string of the molecule is CCCCC(=O)Nc1cc(C(=O)OC)cc(C(=O)OC)c1. The van der Waals surface area contributed by atoms with Crippen molar-refractivity contribution in [3.63, 3.8) is 0 Å². The Morgan fingerprint density at radius 1 is 1.00 bits per heavy atom. The number of hydrogen-bond acceptors (Lipinski definition) is 5. The highest BCUT2D eigenvalue weighted by Gasteiger charge is 2.14. The Kier molecular flexibility index (Phi) is 6.39. The zero-order valence-electron chi connectivity index (χ0n) is 12.4. The van der Waals surface area contributed by atoms with Crippen LogP contribution in [0.15, 0.2) is 18.2 Å². The lowest BCUT2D eigenvalue weighted by Gasteiger charge is -2.09. The molecule has 0 saturated heterocycles. The third-order valence-electron chi connectivity index (χ3n) is 2.82. The lowest BCUT2D eigenvalue weighted by Crippen LogP contribution is -2.13. The van der Waals surface area contributed by atoms with Gasteiger partial charge in [-0.3, -0.25) is 4.79 Å². The van der Waals surface area contributed by atoms with Crippen molar-refractivity contribution in [3.05, 3.63) is 29.3 Å². The van der Waals surface area contributed by atoms with Gasteiger partial charge in [0.1, 0.15) is 0 Å². The van der Waals surface area contributed by atoms with Crippen LogP contribution >= 0.6 is 0 Å². The normalized spacial score (nSPS) is 9.86. The highest BCUT2D eigenvalue weighted by Crippen LogP contribution is 2.17. The summed E-state index contributed by atoms with van der Waals surface area (Å²) < 4.78 is 9.25. The van der Waals surface area contributed by atoms with Gasteiger partial charge >= 0.3 is 11.9 Å². The Labute approximate surface area is 123 Å². The third kappa shape index (κ3) is 4.91. The van der Waals surface area contributed by atoms with Gasteiger partial charge in [-0.05, 0) is 24.6 Å². The van der Waals surface area contributed by atoms with Gasteiger partial charge in [0.25, 0.3) is 0 Å². The molecule has 0 saturated carbocycles. The number of unbranched alkanes of at least 4 members (excludes halogenated alkanes) is 1. The number of ether oxygens (including phenoxy) is 2. The second-order valence-electron chi connectivity index (χ2n) is 4.43. The number of esters is 2. The van der Waals surface area contributed by atoms with E-state index in [1.54, 1.807) is 0 Å². The van der Waals surface area contributed by atoms with E-state index in [0.717, 1.165) is 12.8 Å². The minimum Gasteiger partial charge on any atom is -0.465 e. The van der Waals surface area contributed by atoms with Crippen molar-refractivity contribution in [1.29, 1.82) is 0 Å².